The van der Waals surface area contributed by atoms with Gasteiger partial charge >= 0.3 is 91.8 Å². The van der Waals surface area contributed by atoms with Crippen LogP contribution in [-0.4, -0.2) is 40.6 Å². The van der Waals surface area contributed by atoms with Crippen molar-refractivity contribution in [1.29, 1.82) is 0 Å². The van der Waals surface area contributed by atoms with Gasteiger partial charge in [-0.3, -0.25) is 0 Å². The van der Waals surface area contributed by atoms with Crippen LogP contribution in [0.3, 0.4) is 0 Å². The topological polar surface area (TPSA) is 17.1 Å². The van der Waals surface area contributed by atoms with Gasteiger partial charge in [-0.2, -0.15) is 0 Å². The first-order valence-corrected chi connectivity index (χ1v) is 10.3. The molecule has 1 nitrogen and oxygen atoms in total. The van der Waals surface area contributed by atoms with Gasteiger partial charge in [0.15, 0.2) is 0 Å². The summed E-state index contributed by atoms with van der Waals surface area (Å²) in [6, 6.07) is 7.12. The van der Waals surface area contributed by atoms with Crippen LogP contribution in [0.1, 0.15) is 10.4 Å². The Morgan fingerprint density at radius 3 is 2.82 bits per heavy atom. The summed E-state index contributed by atoms with van der Waals surface area (Å²) in [5, 5.41) is 0.641. The van der Waals surface area contributed by atoms with Crippen LogP contribution in [0, 0.1) is 0 Å². The number of carbonyl (C=O) groups excluding carboxylic acids is 1. The van der Waals surface area contributed by atoms with Crippen LogP contribution >= 0.6 is 11.6 Å². The molecule has 0 amide bonds. The molecule has 0 saturated carbocycles. The van der Waals surface area contributed by atoms with Gasteiger partial charge in [-0.15, -0.1) is 0 Å². The van der Waals surface area contributed by atoms with E-state index < -0.39 is 0 Å². The van der Waals surface area contributed by atoms with Crippen molar-refractivity contribution in [3.05, 3.63) is 34.9 Å². The van der Waals surface area contributed by atoms with Gasteiger partial charge < -0.3 is 0 Å². The molecule has 0 aliphatic carbocycles. The molecule has 0 heterocycles. The first kappa shape index (κ1) is 9.78. The summed E-state index contributed by atoms with van der Waals surface area (Å²) >= 11 is 6.69. The molecule has 0 aromatic heterocycles. The Kier molecular flexibility index (Phi) is 4.14. The van der Waals surface area contributed by atoms with Gasteiger partial charge in [0, 0.05) is 0 Å². The van der Waals surface area contributed by atoms with Crippen LogP contribution in [0.2, 0.25) is 5.02 Å². The molecule has 1 aromatic rings. The number of benzene rings is 1. The van der Waals surface area contributed by atoms with E-state index in [1.165, 1.54) is 0 Å². The molecule has 0 bridgehead atoms. The molecule has 0 unspecified atom stereocenters. The standard InChI is InChI=1S/C7H5ClOSe.Na/c8-6-3-1-2-5(4-6)7(9)10;/h1-4H,(H,9,10);/q;+1/p-1. The Labute approximate surface area is 90.9 Å². The summed E-state index contributed by atoms with van der Waals surface area (Å²) in [7, 11) is 0.171. The Balaban J connectivity index is 2.96. The summed E-state index contributed by atoms with van der Waals surface area (Å²) < 4.78 is 0.256. The predicted molar refractivity (Wildman–Crippen MR) is 47.3 cm³/mol. The van der Waals surface area contributed by atoms with Crippen molar-refractivity contribution in [2.45, 2.75) is 0 Å². The average molecular weight is 242 g/mol. The SMILES string of the molecule is O=C([Se][Na])c1cccc(Cl)c1. The van der Waals surface area contributed by atoms with Crippen molar-refractivity contribution in [2.75, 3.05) is 0 Å². The van der Waals surface area contributed by atoms with E-state index in [9.17, 15) is 4.79 Å². The fourth-order valence-corrected chi connectivity index (χ4v) is 2.91. The van der Waals surface area contributed by atoms with Gasteiger partial charge in [-0.1, -0.05) is 0 Å². The second-order valence-corrected chi connectivity index (χ2v) is 6.19. The van der Waals surface area contributed by atoms with Gasteiger partial charge in [-0.05, 0) is 0 Å². The van der Waals surface area contributed by atoms with E-state index in [0.717, 1.165) is 30.9 Å². The van der Waals surface area contributed by atoms with Gasteiger partial charge in [0.25, 0.3) is 0 Å². The summed E-state index contributed by atoms with van der Waals surface area (Å²) in [4.78, 5) is 11.2. The molecule has 0 spiro atoms. The fraction of sp³-hybridized carbons (Fsp3) is 0. The Hall–Kier alpha value is 0.699. The molecule has 0 saturated heterocycles. The van der Waals surface area contributed by atoms with Gasteiger partial charge in [0.05, 0.1) is 0 Å². The van der Waals surface area contributed by atoms with Crippen molar-refractivity contribution in [3.63, 3.8) is 0 Å². The van der Waals surface area contributed by atoms with E-state index in [0.29, 0.717) is 5.02 Å². The number of hydrogen-bond acceptors (Lipinski definition) is 1. The van der Waals surface area contributed by atoms with Crippen molar-refractivity contribution >= 4 is 52.2 Å². The molecule has 0 radical (unpaired) electrons. The molecule has 0 fully saturated rings. The molecule has 11 heavy (non-hydrogen) atoms. The molecule has 0 aliphatic heterocycles. The molecule has 1 aromatic carbocycles. The van der Waals surface area contributed by atoms with E-state index >= 15 is 0 Å². The van der Waals surface area contributed by atoms with Crippen LogP contribution in [0.4, 0.5) is 0 Å². The molecule has 0 atom stereocenters. The maximum absolute atomic E-state index is 11.2. The molecule has 0 N–H and O–H groups in total. The number of hydrogen-bond donors (Lipinski definition) is 0. The summed E-state index contributed by atoms with van der Waals surface area (Å²) in [6.07, 6.45) is 0. The van der Waals surface area contributed by atoms with Crippen LogP contribution in [-0.2, 0) is 0 Å². The van der Waals surface area contributed by atoms with Crippen molar-refractivity contribution in [2.24, 2.45) is 0 Å². The van der Waals surface area contributed by atoms with Crippen LogP contribution in [0.25, 0.3) is 0 Å². The second-order valence-electron chi connectivity index (χ2n) is 2.00. The van der Waals surface area contributed by atoms with Crippen LogP contribution < -0.4 is 0 Å². The third-order valence-electron chi connectivity index (χ3n) is 1.25. The molecule has 4 heteroatoms. The third kappa shape index (κ3) is 2.90. The Morgan fingerprint density at radius 2 is 2.27 bits per heavy atom. The summed E-state index contributed by atoms with van der Waals surface area (Å²) in [5.41, 5.74) is 0.757. The normalized spacial score (nSPS) is 9.73. The molecule has 52 valence electrons. The zero-order valence-electron chi connectivity index (χ0n) is 6.00. The van der Waals surface area contributed by atoms with Crippen molar-refractivity contribution in [3.8, 4) is 0 Å². The van der Waals surface area contributed by atoms with E-state index in [1.807, 2.05) is 12.1 Å². The second kappa shape index (κ2) is 4.66. The summed E-state index contributed by atoms with van der Waals surface area (Å²) in [5.74, 6) is 0. The summed E-state index contributed by atoms with van der Waals surface area (Å²) in [6.45, 7) is 0. The van der Waals surface area contributed by atoms with Crippen molar-refractivity contribution in [1.82, 2.24) is 0 Å². The average Bonchev–Trinajstić information content (AvgIpc) is 2.03. The van der Waals surface area contributed by atoms with E-state index in [2.05, 4.69) is 0 Å². The molecular formula is C7H4ClNaOSe. The Bertz CT molecular complexity index is 277. The number of carbonyl (C=O) groups is 1. The monoisotopic (exact) mass is 242 g/mol. The first-order valence-electron chi connectivity index (χ1n) is 3.08. The van der Waals surface area contributed by atoms with Gasteiger partial charge in [0.1, 0.15) is 0 Å². The van der Waals surface area contributed by atoms with E-state index in [-0.39, 0.29) is 15.2 Å². The Morgan fingerprint density at radius 1 is 1.55 bits per heavy atom. The van der Waals surface area contributed by atoms with Crippen LogP contribution in [0.15, 0.2) is 24.3 Å². The maximum atomic E-state index is 11.2. The van der Waals surface area contributed by atoms with Crippen molar-refractivity contribution < 1.29 is 4.79 Å². The molecule has 1 rings (SSSR count). The predicted octanol–water partition coefficient (Wildman–Crippen LogP) is 1.27. The van der Waals surface area contributed by atoms with Gasteiger partial charge in [-0.25, -0.2) is 0 Å². The quantitative estimate of drug-likeness (QED) is 0.713. The van der Waals surface area contributed by atoms with E-state index in [4.69, 9.17) is 11.6 Å². The van der Waals surface area contributed by atoms with Crippen LogP contribution in [0.5, 0.6) is 0 Å². The third-order valence-corrected chi connectivity index (χ3v) is 4.68. The van der Waals surface area contributed by atoms with Gasteiger partial charge in [0.2, 0.25) is 0 Å². The molecular weight excluding hydrogens is 237 g/mol. The molecule has 0 aliphatic rings. The number of halogens is 1. The zero-order chi connectivity index (χ0) is 8.27. The minimum absolute atomic E-state index is 0.171. The fourth-order valence-electron chi connectivity index (χ4n) is 0.733. The minimum atomic E-state index is 0.171. The first-order chi connectivity index (χ1) is 5.24. The van der Waals surface area contributed by atoms with E-state index in [1.54, 1.807) is 12.1 Å². The number of rotatable bonds is 2. The zero-order valence-corrected chi connectivity index (χ0v) is 10.5.